The molecule has 1 fully saturated rings. The number of ether oxygens (including phenoxy) is 2. The van der Waals surface area contributed by atoms with E-state index in [1.807, 2.05) is 24.3 Å². The van der Waals surface area contributed by atoms with Crippen molar-refractivity contribution in [3.05, 3.63) is 57.2 Å². The Morgan fingerprint density at radius 2 is 1.44 bits per heavy atom. The maximum Gasteiger partial charge on any atom is 0.257 e. The molecule has 2 amide bonds. The van der Waals surface area contributed by atoms with Gasteiger partial charge in [0.1, 0.15) is 11.5 Å². The molecule has 2 aromatic rings. The highest BCUT2D eigenvalue weighted by Crippen LogP contribution is 2.26. The average Bonchev–Trinajstić information content (AvgIpc) is 2.72. The number of methoxy groups -OCH3 is 2. The van der Waals surface area contributed by atoms with E-state index in [9.17, 15) is 9.59 Å². The molecule has 3 rings (SSSR count). The number of carbonyl (C=O) groups excluding carboxylic acids is 2. The number of piperazine rings is 1. The van der Waals surface area contributed by atoms with E-state index in [4.69, 9.17) is 9.47 Å². The Hall–Kier alpha value is -2.29. The summed E-state index contributed by atoms with van der Waals surface area (Å²) in [6, 6.07) is 12.7. The zero-order chi connectivity index (χ0) is 19.4. The van der Waals surface area contributed by atoms with E-state index in [2.05, 4.69) is 22.6 Å². The first-order chi connectivity index (χ1) is 13.0. The molecule has 7 heteroatoms. The molecule has 0 atom stereocenters. The van der Waals surface area contributed by atoms with Gasteiger partial charge in [-0.05, 0) is 46.9 Å². The first-order valence-corrected chi connectivity index (χ1v) is 9.68. The lowest BCUT2D eigenvalue weighted by molar-refractivity contribution is 0.0533. The molecular formula is C20H21IN2O4. The van der Waals surface area contributed by atoms with Crippen LogP contribution in [0.2, 0.25) is 0 Å². The summed E-state index contributed by atoms with van der Waals surface area (Å²) < 4.78 is 11.4. The van der Waals surface area contributed by atoms with Gasteiger partial charge in [-0.25, -0.2) is 0 Å². The smallest absolute Gasteiger partial charge is 0.257 e. The van der Waals surface area contributed by atoms with Crippen LogP contribution in [0.1, 0.15) is 20.7 Å². The van der Waals surface area contributed by atoms with Crippen molar-refractivity contribution in [3.8, 4) is 11.5 Å². The third-order valence-electron chi connectivity index (χ3n) is 4.60. The van der Waals surface area contributed by atoms with Crippen LogP contribution in [0.5, 0.6) is 11.5 Å². The fourth-order valence-electron chi connectivity index (χ4n) is 3.06. The maximum absolute atomic E-state index is 12.9. The fourth-order valence-corrected chi connectivity index (χ4v) is 3.68. The standard InChI is InChI=1S/C20H21IN2O4/c1-26-14-7-8-16(18(13-14)27-2)20(25)23-11-9-22(10-12-23)19(24)15-5-3-4-6-17(15)21/h3-8,13H,9-12H2,1-2H3. The van der Waals surface area contributed by atoms with E-state index in [0.29, 0.717) is 48.8 Å². The zero-order valence-corrected chi connectivity index (χ0v) is 17.4. The van der Waals surface area contributed by atoms with Crippen molar-refractivity contribution in [3.63, 3.8) is 0 Å². The number of amides is 2. The second-order valence-corrected chi connectivity index (χ2v) is 7.29. The Balaban J connectivity index is 1.68. The molecule has 1 aliphatic rings. The van der Waals surface area contributed by atoms with Gasteiger partial charge in [-0.3, -0.25) is 9.59 Å². The average molecular weight is 480 g/mol. The van der Waals surface area contributed by atoms with Crippen LogP contribution < -0.4 is 9.47 Å². The lowest BCUT2D eigenvalue weighted by Crippen LogP contribution is -2.50. The Morgan fingerprint density at radius 3 is 2.00 bits per heavy atom. The largest absolute Gasteiger partial charge is 0.497 e. The summed E-state index contributed by atoms with van der Waals surface area (Å²) in [5.41, 5.74) is 1.20. The molecule has 142 valence electrons. The van der Waals surface area contributed by atoms with Gasteiger partial charge in [0.25, 0.3) is 11.8 Å². The van der Waals surface area contributed by atoms with Crippen LogP contribution in [0.25, 0.3) is 0 Å². The van der Waals surface area contributed by atoms with Crippen molar-refractivity contribution in [1.82, 2.24) is 9.80 Å². The second-order valence-electron chi connectivity index (χ2n) is 6.13. The first kappa shape index (κ1) is 19.5. The first-order valence-electron chi connectivity index (χ1n) is 8.60. The minimum absolute atomic E-state index is 0.00845. The number of benzene rings is 2. The van der Waals surface area contributed by atoms with Crippen molar-refractivity contribution in [2.24, 2.45) is 0 Å². The second kappa shape index (κ2) is 8.60. The van der Waals surface area contributed by atoms with Gasteiger partial charge >= 0.3 is 0 Å². The monoisotopic (exact) mass is 480 g/mol. The third-order valence-corrected chi connectivity index (χ3v) is 5.54. The van der Waals surface area contributed by atoms with Gasteiger partial charge in [0.2, 0.25) is 0 Å². The van der Waals surface area contributed by atoms with Crippen molar-refractivity contribution >= 4 is 34.4 Å². The van der Waals surface area contributed by atoms with Gasteiger partial charge in [-0.15, -0.1) is 0 Å². The highest BCUT2D eigenvalue weighted by atomic mass is 127. The lowest BCUT2D eigenvalue weighted by atomic mass is 10.1. The van der Waals surface area contributed by atoms with E-state index in [1.54, 1.807) is 35.1 Å². The zero-order valence-electron chi connectivity index (χ0n) is 15.3. The fraction of sp³-hybridized carbons (Fsp3) is 0.300. The van der Waals surface area contributed by atoms with E-state index in [-0.39, 0.29) is 11.8 Å². The highest BCUT2D eigenvalue weighted by Gasteiger charge is 2.27. The van der Waals surface area contributed by atoms with Crippen LogP contribution in [0.3, 0.4) is 0 Å². The molecular weight excluding hydrogens is 459 g/mol. The molecule has 27 heavy (non-hydrogen) atoms. The predicted molar refractivity (Wildman–Crippen MR) is 111 cm³/mol. The van der Waals surface area contributed by atoms with Gasteiger partial charge in [-0.2, -0.15) is 0 Å². The summed E-state index contributed by atoms with van der Waals surface area (Å²) in [4.78, 5) is 29.2. The molecule has 0 radical (unpaired) electrons. The Labute approximate surface area is 172 Å². The molecule has 0 spiro atoms. The normalized spacial score (nSPS) is 14.0. The Kier molecular flexibility index (Phi) is 6.20. The molecule has 6 nitrogen and oxygen atoms in total. The maximum atomic E-state index is 12.9. The third kappa shape index (κ3) is 4.18. The molecule has 0 unspecified atom stereocenters. The number of nitrogens with zero attached hydrogens (tertiary/aromatic N) is 2. The lowest BCUT2D eigenvalue weighted by Gasteiger charge is -2.35. The number of hydrogen-bond acceptors (Lipinski definition) is 4. The molecule has 0 saturated carbocycles. The molecule has 0 bridgehead atoms. The van der Waals surface area contributed by atoms with E-state index >= 15 is 0 Å². The van der Waals surface area contributed by atoms with Gasteiger partial charge in [0.15, 0.2) is 0 Å². The molecule has 0 aromatic heterocycles. The van der Waals surface area contributed by atoms with Crippen molar-refractivity contribution < 1.29 is 19.1 Å². The van der Waals surface area contributed by atoms with Crippen LogP contribution in [-0.2, 0) is 0 Å². The van der Waals surface area contributed by atoms with Crippen molar-refractivity contribution in [2.75, 3.05) is 40.4 Å². The van der Waals surface area contributed by atoms with E-state index in [0.717, 1.165) is 3.57 Å². The van der Waals surface area contributed by atoms with Gasteiger partial charge in [-0.1, -0.05) is 12.1 Å². The van der Waals surface area contributed by atoms with Crippen molar-refractivity contribution in [2.45, 2.75) is 0 Å². The minimum atomic E-state index is -0.101. The van der Waals surface area contributed by atoms with Crippen LogP contribution in [0, 0.1) is 3.57 Å². The Morgan fingerprint density at radius 1 is 0.852 bits per heavy atom. The summed E-state index contributed by atoms with van der Waals surface area (Å²) in [5.74, 6) is 1.03. The molecule has 1 heterocycles. The van der Waals surface area contributed by atoms with Crippen molar-refractivity contribution in [1.29, 1.82) is 0 Å². The predicted octanol–water partition coefficient (Wildman–Crippen LogP) is 2.91. The number of halogens is 1. The SMILES string of the molecule is COc1ccc(C(=O)N2CCN(C(=O)c3ccccc3I)CC2)c(OC)c1. The number of hydrogen-bond donors (Lipinski definition) is 0. The van der Waals surface area contributed by atoms with Gasteiger partial charge in [0.05, 0.1) is 25.3 Å². The van der Waals surface area contributed by atoms with Crippen LogP contribution >= 0.6 is 22.6 Å². The van der Waals surface area contributed by atoms with Gasteiger partial charge in [0, 0.05) is 35.8 Å². The molecule has 1 saturated heterocycles. The molecule has 2 aromatic carbocycles. The molecule has 0 N–H and O–H groups in total. The van der Waals surface area contributed by atoms with E-state index < -0.39 is 0 Å². The molecule has 1 aliphatic heterocycles. The summed E-state index contributed by atoms with van der Waals surface area (Å²) in [6.45, 7) is 1.99. The quantitative estimate of drug-likeness (QED) is 0.632. The number of carbonyl (C=O) groups is 2. The Bertz CT molecular complexity index is 848. The van der Waals surface area contributed by atoms with Crippen LogP contribution in [0.4, 0.5) is 0 Å². The minimum Gasteiger partial charge on any atom is -0.497 e. The summed E-state index contributed by atoms with van der Waals surface area (Å²) >= 11 is 2.17. The van der Waals surface area contributed by atoms with Crippen LogP contribution in [0.15, 0.2) is 42.5 Å². The van der Waals surface area contributed by atoms with Crippen LogP contribution in [-0.4, -0.2) is 62.0 Å². The topological polar surface area (TPSA) is 59.1 Å². The summed E-state index contributed by atoms with van der Waals surface area (Å²) in [6.07, 6.45) is 0. The molecule has 0 aliphatic carbocycles. The summed E-state index contributed by atoms with van der Waals surface area (Å²) in [7, 11) is 3.10. The summed E-state index contributed by atoms with van der Waals surface area (Å²) in [5, 5.41) is 0. The van der Waals surface area contributed by atoms with Gasteiger partial charge < -0.3 is 19.3 Å². The number of rotatable bonds is 4. The van der Waals surface area contributed by atoms with E-state index in [1.165, 1.54) is 7.11 Å². The highest BCUT2D eigenvalue weighted by molar-refractivity contribution is 14.1.